The van der Waals surface area contributed by atoms with E-state index >= 15 is 0 Å². The number of benzene rings is 1. The molecule has 8 nitrogen and oxygen atoms in total. The Morgan fingerprint density at radius 3 is 2.79 bits per heavy atom. The van der Waals surface area contributed by atoms with E-state index in [1.54, 1.807) is 24.4 Å². The van der Waals surface area contributed by atoms with Crippen LogP contribution >= 0.6 is 0 Å². The number of ether oxygens (including phenoxy) is 2. The molecule has 2 aromatic rings. The van der Waals surface area contributed by atoms with Crippen molar-refractivity contribution >= 4 is 22.6 Å². The number of aromatic nitrogens is 1. The van der Waals surface area contributed by atoms with E-state index in [-0.39, 0.29) is 35.9 Å². The van der Waals surface area contributed by atoms with Gasteiger partial charge in [-0.3, -0.25) is 14.6 Å². The van der Waals surface area contributed by atoms with Gasteiger partial charge in [-0.05, 0) is 32.0 Å². The van der Waals surface area contributed by atoms with Crippen molar-refractivity contribution in [3.8, 4) is 17.6 Å². The van der Waals surface area contributed by atoms with E-state index in [0.29, 0.717) is 28.9 Å². The third-order valence-electron chi connectivity index (χ3n) is 4.96. The van der Waals surface area contributed by atoms with Crippen molar-refractivity contribution in [1.29, 1.82) is 5.26 Å². The lowest BCUT2D eigenvalue weighted by molar-refractivity contribution is -0.120. The standard InChI is InChI=1S/C21H24N4O4/c1-11(2)28-18-9-13-15(8-14(18)21(23)27)24-7-5-17(13)29-19-10-25-20(12(19)3)16(26)4-6-22/h5,7-9,11-12,19-20,25H,4,10H2,1-3H3,(H2,23,27)/t12-,19+,20?/m1/s1. The van der Waals surface area contributed by atoms with E-state index in [0.717, 1.165) is 0 Å². The molecule has 8 heteroatoms. The maximum atomic E-state index is 12.1. The van der Waals surface area contributed by atoms with Gasteiger partial charge in [-0.2, -0.15) is 5.26 Å². The Bertz CT molecular complexity index is 983. The van der Waals surface area contributed by atoms with Gasteiger partial charge in [0.1, 0.15) is 17.6 Å². The Balaban J connectivity index is 1.93. The number of ketones is 1. The average Bonchev–Trinajstić information content (AvgIpc) is 3.02. The number of fused-ring (bicyclic) bond motifs is 1. The lowest BCUT2D eigenvalue weighted by atomic mass is 9.96. The van der Waals surface area contributed by atoms with Gasteiger partial charge in [0.05, 0.1) is 35.7 Å². The van der Waals surface area contributed by atoms with Gasteiger partial charge in [-0.15, -0.1) is 0 Å². The van der Waals surface area contributed by atoms with Crippen LogP contribution in [0, 0.1) is 17.2 Å². The second-order valence-corrected chi connectivity index (χ2v) is 7.41. The zero-order chi connectivity index (χ0) is 21.1. The number of nitrogens with zero attached hydrogens (tertiary/aromatic N) is 2. The largest absolute Gasteiger partial charge is 0.490 e. The summed E-state index contributed by atoms with van der Waals surface area (Å²) in [6.45, 7) is 6.13. The number of nitrogens with two attached hydrogens (primary N) is 1. The third-order valence-corrected chi connectivity index (χ3v) is 4.96. The molecule has 29 heavy (non-hydrogen) atoms. The molecule has 0 bridgehead atoms. The number of carbonyl (C=O) groups excluding carboxylic acids is 2. The summed E-state index contributed by atoms with van der Waals surface area (Å²) in [5.74, 6) is 0.118. The van der Waals surface area contributed by atoms with Gasteiger partial charge in [0.25, 0.3) is 5.91 Å². The summed E-state index contributed by atoms with van der Waals surface area (Å²) in [6, 6.07) is 6.54. The summed E-state index contributed by atoms with van der Waals surface area (Å²) in [4.78, 5) is 28.2. The van der Waals surface area contributed by atoms with Gasteiger partial charge in [0.15, 0.2) is 5.78 Å². The van der Waals surface area contributed by atoms with Crippen molar-refractivity contribution in [2.24, 2.45) is 11.7 Å². The summed E-state index contributed by atoms with van der Waals surface area (Å²) >= 11 is 0. The molecule has 1 aromatic carbocycles. The minimum Gasteiger partial charge on any atom is -0.490 e. The minimum atomic E-state index is -0.594. The zero-order valence-electron chi connectivity index (χ0n) is 16.6. The van der Waals surface area contributed by atoms with Gasteiger partial charge in [-0.25, -0.2) is 0 Å². The van der Waals surface area contributed by atoms with Crippen LogP contribution in [0.3, 0.4) is 0 Å². The highest BCUT2D eigenvalue weighted by Gasteiger charge is 2.38. The highest BCUT2D eigenvalue weighted by Crippen LogP contribution is 2.33. The van der Waals surface area contributed by atoms with Crippen LogP contribution in [-0.2, 0) is 4.79 Å². The monoisotopic (exact) mass is 396 g/mol. The normalized spacial score (nSPS) is 21.1. The predicted octanol–water partition coefficient (Wildman–Crippen LogP) is 1.96. The molecule has 3 atom stereocenters. The Kier molecular flexibility index (Phi) is 5.99. The first-order valence-corrected chi connectivity index (χ1v) is 9.50. The molecule has 1 saturated heterocycles. The molecule has 0 radical (unpaired) electrons. The van der Waals surface area contributed by atoms with E-state index in [2.05, 4.69) is 10.3 Å². The van der Waals surface area contributed by atoms with Crippen molar-refractivity contribution in [2.45, 2.75) is 45.4 Å². The molecule has 1 aliphatic heterocycles. The highest BCUT2D eigenvalue weighted by atomic mass is 16.5. The number of hydrogen-bond donors (Lipinski definition) is 2. The third kappa shape index (κ3) is 4.30. The molecule has 152 valence electrons. The first kappa shape index (κ1) is 20.6. The van der Waals surface area contributed by atoms with E-state index < -0.39 is 11.9 Å². The summed E-state index contributed by atoms with van der Waals surface area (Å²) in [7, 11) is 0. The van der Waals surface area contributed by atoms with Crippen molar-refractivity contribution in [3.63, 3.8) is 0 Å². The molecule has 1 unspecified atom stereocenters. The van der Waals surface area contributed by atoms with Crippen LogP contribution in [0.1, 0.15) is 37.6 Å². The van der Waals surface area contributed by atoms with Crippen LogP contribution in [0.4, 0.5) is 0 Å². The molecule has 0 saturated carbocycles. The van der Waals surface area contributed by atoms with Crippen LogP contribution < -0.4 is 20.5 Å². The fourth-order valence-corrected chi connectivity index (χ4v) is 3.53. The maximum absolute atomic E-state index is 12.1. The molecular formula is C21H24N4O4. The molecule has 1 fully saturated rings. The Morgan fingerprint density at radius 1 is 1.38 bits per heavy atom. The molecule has 1 aliphatic rings. The summed E-state index contributed by atoms with van der Waals surface area (Å²) in [5, 5.41) is 12.6. The van der Waals surface area contributed by atoms with Gasteiger partial charge >= 0.3 is 0 Å². The summed E-state index contributed by atoms with van der Waals surface area (Å²) in [5.41, 5.74) is 6.31. The number of nitriles is 1. The average molecular weight is 396 g/mol. The van der Waals surface area contributed by atoms with E-state index in [4.69, 9.17) is 20.5 Å². The van der Waals surface area contributed by atoms with Gasteiger partial charge in [0, 0.05) is 24.0 Å². The number of carbonyl (C=O) groups is 2. The minimum absolute atomic E-state index is 0.102. The number of hydrogen-bond acceptors (Lipinski definition) is 7. The van der Waals surface area contributed by atoms with E-state index in [1.165, 1.54) is 0 Å². The number of amides is 1. The van der Waals surface area contributed by atoms with Gasteiger partial charge < -0.3 is 20.5 Å². The number of rotatable bonds is 7. The Morgan fingerprint density at radius 2 is 2.14 bits per heavy atom. The Hall–Kier alpha value is -3.18. The van der Waals surface area contributed by atoms with Gasteiger partial charge in [-0.1, -0.05) is 6.92 Å². The summed E-state index contributed by atoms with van der Waals surface area (Å²) in [6.07, 6.45) is 1.08. The molecular weight excluding hydrogens is 372 g/mol. The first-order valence-electron chi connectivity index (χ1n) is 9.50. The number of nitrogens with one attached hydrogen (secondary N) is 1. The lowest BCUT2D eigenvalue weighted by Crippen LogP contribution is -2.35. The SMILES string of the molecule is CC(C)Oc1cc2c(O[C@H]3CNC(C(=O)CC#N)[C@@H]3C)ccnc2cc1C(N)=O. The molecule has 1 aromatic heterocycles. The van der Waals surface area contributed by atoms with Crippen LogP contribution in [0.25, 0.3) is 10.9 Å². The predicted molar refractivity (Wildman–Crippen MR) is 107 cm³/mol. The van der Waals surface area contributed by atoms with Crippen molar-refractivity contribution in [1.82, 2.24) is 10.3 Å². The Labute approximate surface area is 169 Å². The van der Waals surface area contributed by atoms with Crippen LogP contribution in [0.2, 0.25) is 0 Å². The quantitative estimate of drug-likeness (QED) is 0.732. The molecule has 2 heterocycles. The van der Waals surface area contributed by atoms with Crippen molar-refractivity contribution < 1.29 is 19.1 Å². The lowest BCUT2D eigenvalue weighted by Gasteiger charge is -2.21. The zero-order valence-corrected chi connectivity index (χ0v) is 16.6. The molecule has 0 spiro atoms. The van der Waals surface area contributed by atoms with Gasteiger partial charge in [0.2, 0.25) is 0 Å². The van der Waals surface area contributed by atoms with Crippen molar-refractivity contribution in [3.05, 3.63) is 30.0 Å². The topological polar surface area (TPSA) is 127 Å². The van der Waals surface area contributed by atoms with Crippen LogP contribution in [0.5, 0.6) is 11.5 Å². The summed E-state index contributed by atoms with van der Waals surface area (Å²) < 4.78 is 12.0. The molecule has 1 amide bonds. The van der Waals surface area contributed by atoms with E-state index in [9.17, 15) is 9.59 Å². The number of pyridine rings is 1. The molecule has 3 N–H and O–H groups in total. The molecule has 0 aliphatic carbocycles. The molecule has 3 rings (SSSR count). The van der Waals surface area contributed by atoms with Crippen molar-refractivity contribution in [2.75, 3.05) is 6.54 Å². The van der Waals surface area contributed by atoms with Crippen LogP contribution in [0.15, 0.2) is 24.4 Å². The second-order valence-electron chi connectivity index (χ2n) is 7.41. The second kappa shape index (κ2) is 8.45. The van der Waals surface area contributed by atoms with E-state index in [1.807, 2.05) is 26.8 Å². The fourth-order valence-electron chi connectivity index (χ4n) is 3.53. The maximum Gasteiger partial charge on any atom is 0.252 e. The first-order chi connectivity index (χ1) is 13.8. The smallest absolute Gasteiger partial charge is 0.252 e. The number of primary amides is 1. The number of Topliss-reactive ketones (excluding diaryl/α,β-unsaturated/α-hetero) is 1. The van der Waals surface area contributed by atoms with Crippen LogP contribution in [-0.4, -0.2) is 41.5 Å². The highest BCUT2D eigenvalue weighted by molar-refractivity contribution is 6.01. The fraction of sp³-hybridized carbons (Fsp3) is 0.429.